The molecule has 0 fully saturated rings. The van der Waals surface area contributed by atoms with Gasteiger partial charge in [-0.15, -0.1) is 0 Å². The zero-order valence-corrected chi connectivity index (χ0v) is 13.4. The first-order chi connectivity index (χ1) is 7.37. The van der Waals surface area contributed by atoms with Crippen LogP contribution in [0.4, 0.5) is 0 Å². The molecule has 17 heavy (non-hydrogen) atoms. The molecular weight excluding hydrogens is 228 g/mol. The van der Waals surface area contributed by atoms with E-state index in [1.54, 1.807) is 0 Å². The molecule has 0 saturated carbocycles. The molecule has 0 amide bonds. The summed E-state index contributed by atoms with van der Waals surface area (Å²) in [7, 11) is -1.68. The Labute approximate surface area is 107 Å². The predicted molar refractivity (Wildman–Crippen MR) is 75.6 cm³/mol. The van der Waals surface area contributed by atoms with Gasteiger partial charge in [0.25, 0.3) is 0 Å². The highest BCUT2D eigenvalue weighted by atomic mass is 28.4. The zero-order valence-electron chi connectivity index (χ0n) is 12.4. The van der Waals surface area contributed by atoms with Crippen LogP contribution in [0.2, 0.25) is 18.1 Å². The van der Waals surface area contributed by atoms with Gasteiger partial charge in [-0.05, 0) is 31.5 Å². The van der Waals surface area contributed by atoms with E-state index in [0.29, 0.717) is 0 Å². The van der Waals surface area contributed by atoms with Crippen molar-refractivity contribution >= 4 is 8.32 Å². The Balaban J connectivity index is 2.62. The largest absolute Gasteiger partial charge is 0.416 e. The first-order valence-electron chi connectivity index (χ1n) is 6.44. The van der Waals surface area contributed by atoms with Crippen molar-refractivity contribution in [2.24, 2.45) is 5.41 Å². The van der Waals surface area contributed by atoms with E-state index in [9.17, 15) is 5.11 Å². The Morgan fingerprint density at radius 2 is 1.76 bits per heavy atom. The van der Waals surface area contributed by atoms with Crippen molar-refractivity contribution in [3.63, 3.8) is 0 Å². The second kappa shape index (κ2) is 4.21. The molecule has 0 saturated heterocycles. The molecule has 0 heterocycles. The molecule has 3 heteroatoms. The van der Waals surface area contributed by atoms with Crippen LogP contribution in [0.5, 0.6) is 0 Å². The van der Waals surface area contributed by atoms with Gasteiger partial charge in [0.15, 0.2) is 8.32 Å². The Bertz CT molecular complexity index is 313. The summed E-state index contributed by atoms with van der Waals surface area (Å²) >= 11 is 0. The van der Waals surface area contributed by atoms with Crippen LogP contribution in [-0.4, -0.2) is 25.6 Å². The van der Waals surface area contributed by atoms with Crippen LogP contribution in [0, 0.1) is 5.41 Å². The number of rotatable bonds is 3. The van der Waals surface area contributed by atoms with Crippen LogP contribution < -0.4 is 0 Å². The molecule has 0 radical (unpaired) electrons. The maximum atomic E-state index is 9.99. The average Bonchev–Trinajstić information content (AvgIpc) is 2.37. The van der Waals surface area contributed by atoms with Crippen molar-refractivity contribution in [3.05, 3.63) is 12.2 Å². The normalized spacial score (nSPS) is 34.4. The van der Waals surface area contributed by atoms with Gasteiger partial charge in [0.1, 0.15) is 0 Å². The first-order valence-corrected chi connectivity index (χ1v) is 9.35. The summed E-state index contributed by atoms with van der Waals surface area (Å²) in [5.41, 5.74) is -0.676. The van der Waals surface area contributed by atoms with E-state index in [-0.39, 0.29) is 10.5 Å². The SMILES string of the molecule is CC(C)(C)[Si](C)(C)OC[C@]1(C)C=C[C@@](C)(O)C1. The summed E-state index contributed by atoms with van der Waals surface area (Å²) in [6.45, 7) is 16.0. The van der Waals surface area contributed by atoms with Crippen LogP contribution in [0.3, 0.4) is 0 Å². The lowest BCUT2D eigenvalue weighted by atomic mass is 9.88. The molecule has 0 aromatic rings. The summed E-state index contributed by atoms with van der Waals surface area (Å²) in [5.74, 6) is 0. The summed E-state index contributed by atoms with van der Waals surface area (Å²) in [4.78, 5) is 0. The Kier molecular flexibility index (Phi) is 3.70. The van der Waals surface area contributed by atoms with Gasteiger partial charge in [0.2, 0.25) is 0 Å². The van der Waals surface area contributed by atoms with Crippen molar-refractivity contribution < 1.29 is 9.53 Å². The molecule has 2 atom stereocenters. The lowest BCUT2D eigenvalue weighted by Gasteiger charge is -2.39. The predicted octanol–water partition coefficient (Wildman–Crippen LogP) is 3.73. The monoisotopic (exact) mass is 256 g/mol. The van der Waals surface area contributed by atoms with Crippen molar-refractivity contribution in [3.8, 4) is 0 Å². The minimum atomic E-state index is -1.68. The average molecular weight is 256 g/mol. The number of hydrogen-bond donors (Lipinski definition) is 1. The van der Waals surface area contributed by atoms with Gasteiger partial charge in [-0.2, -0.15) is 0 Å². The third-order valence-electron chi connectivity index (χ3n) is 4.18. The lowest BCUT2D eigenvalue weighted by molar-refractivity contribution is 0.0659. The molecule has 0 aromatic heterocycles. The van der Waals surface area contributed by atoms with Crippen molar-refractivity contribution in [2.75, 3.05) is 6.61 Å². The molecule has 1 N–H and O–H groups in total. The Morgan fingerprint density at radius 3 is 2.12 bits per heavy atom. The van der Waals surface area contributed by atoms with E-state index < -0.39 is 13.9 Å². The molecular formula is C14H28O2Si. The topological polar surface area (TPSA) is 29.5 Å². The molecule has 1 aliphatic carbocycles. The Morgan fingerprint density at radius 1 is 1.24 bits per heavy atom. The number of aliphatic hydroxyl groups is 1. The van der Waals surface area contributed by atoms with Crippen molar-refractivity contribution in [2.45, 2.75) is 64.8 Å². The molecule has 0 unspecified atom stereocenters. The van der Waals surface area contributed by atoms with Gasteiger partial charge in [0.05, 0.1) is 5.60 Å². The maximum absolute atomic E-state index is 9.99. The molecule has 0 aliphatic heterocycles. The van der Waals surface area contributed by atoms with Crippen molar-refractivity contribution in [1.29, 1.82) is 0 Å². The highest BCUT2D eigenvalue weighted by Crippen LogP contribution is 2.41. The van der Waals surface area contributed by atoms with Crippen LogP contribution >= 0.6 is 0 Å². The van der Waals surface area contributed by atoms with Crippen LogP contribution in [-0.2, 0) is 4.43 Å². The van der Waals surface area contributed by atoms with E-state index in [1.807, 2.05) is 13.0 Å². The first kappa shape index (κ1) is 14.9. The van der Waals surface area contributed by atoms with Gasteiger partial charge in [0, 0.05) is 12.0 Å². The van der Waals surface area contributed by atoms with Crippen LogP contribution in [0.1, 0.15) is 41.0 Å². The fourth-order valence-electron chi connectivity index (χ4n) is 1.98. The molecule has 0 spiro atoms. The zero-order chi connectivity index (χ0) is 13.5. The van der Waals surface area contributed by atoms with E-state index >= 15 is 0 Å². The fraction of sp³-hybridized carbons (Fsp3) is 0.857. The van der Waals surface area contributed by atoms with Crippen molar-refractivity contribution in [1.82, 2.24) is 0 Å². The standard InChI is InChI=1S/C14H28O2Si/c1-12(2,3)17(6,7)16-11-13(4)8-9-14(5,15)10-13/h8-9,15H,10-11H2,1-7H3/t13-,14-/m1/s1. The quantitative estimate of drug-likeness (QED) is 0.616. The summed E-state index contributed by atoms with van der Waals surface area (Å²) in [5, 5.41) is 10.2. The highest BCUT2D eigenvalue weighted by molar-refractivity contribution is 6.74. The van der Waals surface area contributed by atoms with E-state index in [1.165, 1.54) is 0 Å². The van der Waals surface area contributed by atoms with Gasteiger partial charge < -0.3 is 9.53 Å². The number of hydrogen-bond acceptors (Lipinski definition) is 2. The molecule has 0 bridgehead atoms. The molecule has 2 nitrogen and oxygen atoms in total. The van der Waals surface area contributed by atoms with Crippen LogP contribution in [0.15, 0.2) is 12.2 Å². The molecule has 100 valence electrons. The van der Waals surface area contributed by atoms with Gasteiger partial charge in [-0.3, -0.25) is 0 Å². The fourth-order valence-corrected chi connectivity index (χ4v) is 3.10. The van der Waals surface area contributed by atoms with E-state index in [2.05, 4.69) is 46.9 Å². The summed E-state index contributed by atoms with van der Waals surface area (Å²) in [6, 6.07) is 0. The van der Waals surface area contributed by atoms with Gasteiger partial charge in [-0.25, -0.2) is 0 Å². The third-order valence-corrected chi connectivity index (χ3v) is 8.65. The molecule has 0 aromatic carbocycles. The highest BCUT2D eigenvalue weighted by Gasteiger charge is 2.41. The van der Waals surface area contributed by atoms with Gasteiger partial charge in [-0.1, -0.05) is 39.8 Å². The second-order valence-corrected chi connectivity index (χ2v) is 12.4. The second-order valence-electron chi connectivity index (χ2n) is 7.57. The summed E-state index contributed by atoms with van der Waals surface area (Å²) < 4.78 is 6.25. The smallest absolute Gasteiger partial charge is 0.192 e. The third kappa shape index (κ3) is 3.67. The molecule has 1 aliphatic rings. The Hall–Kier alpha value is -0.123. The van der Waals surface area contributed by atoms with Crippen LogP contribution in [0.25, 0.3) is 0 Å². The maximum Gasteiger partial charge on any atom is 0.192 e. The lowest BCUT2D eigenvalue weighted by Crippen LogP contribution is -2.43. The minimum Gasteiger partial charge on any atom is -0.416 e. The summed E-state index contributed by atoms with van der Waals surface area (Å²) in [6.07, 6.45) is 4.77. The van der Waals surface area contributed by atoms with Gasteiger partial charge >= 0.3 is 0 Å². The molecule has 1 rings (SSSR count). The minimum absolute atomic E-state index is 0.0149. The van der Waals surface area contributed by atoms with E-state index in [4.69, 9.17) is 4.43 Å². The van der Waals surface area contributed by atoms with E-state index in [0.717, 1.165) is 13.0 Å².